The first-order valence-electron chi connectivity index (χ1n) is 5.58. The van der Waals surface area contributed by atoms with Crippen LogP contribution in [0.2, 0.25) is 0 Å². The minimum Gasteiger partial charge on any atom is -0.322 e. The van der Waals surface area contributed by atoms with Crippen molar-refractivity contribution in [1.29, 1.82) is 0 Å². The molecule has 0 aliphatic carbocycles. The molecule has 2 heteroatoms. The molecule has 1 aromatic carbocycles. The first-order valence-corrected chi connectivity index (χ1v) is 5.58. The van der Waals surface area contributed by atoms with Crippen LogP contribution in [0.15, 0.2) is 35.9 Å². The molecule has 1 rings (SSSR count). The predicted molar refractivity (Wildman–Crippen MR) is 68.6 cm³/mol. The summed E-state index contributed by atoms with van der Waals surface area (Å²) in [4.78, 5) is 11.6. The van der Waals surface area contributed by atoms with Crippen LogP contribution in [0.25, 0.3) is 0 Å². The van der Waals surface area contributed by atoms with Crippen molar-refractivity contribution in [2.24, 2.45) is 0 Å². The van der Waals surface area contributed by atoms with E-state index in [4.69, 9.17) is 0 Å². The number of benzene rings is 1. The average Bonchev–Trinajstić information content (AvgIpc) is 2.28. The van der Waals surface area contributed by atoms with E-state index in [1.807, 2.05) is 38.1 Å². The molecule has 16 heavy (non-hydrogen) atoms. The monoisotopic (exact) mass is 217 g/mol. The summed E-state index contributed by atoms with van der Waals surface area (Å²) in [6, 6.07) is 7.97. The quantitative estimate of drug-likeness (QED) is 0.768. The van der Waals surface area contributed by atoms with Crippen LogP contribution >= 0.6 is 0 Å². The highest BCUT2D eigenvalue weighted by Crippen LogP contribution is 2.18. The van der Waals surface area contributed by atoms with Crippen molar-refractivity contribution in [2.75, 3.05) is 5.32 Å². The number of hydrogen-bond acceptors (Lipinski definition) is 1. The molecular formula is C14H19NO. The first kappa shape index (κ1) is 12.5. The van der Waals surface area contributed by atoms with E-state index in [1.165, 1.54) is 5.56 Å². The molecule has 1 amide bonds. The average molecular weight is 217 g/mol. The number of anilines is 1. The maximum Gasteiger partial charge on any atom is 0.250 e. The summed E-state index contributed by atoms with van der Waals surface area (Å²) in [6.45, 7) is 7.94. The third kappa shape index (κ3) is 3.23. The van der Waals surface area contributed by atoms with Crippen molar-refractivity contribution in [1.82, 2.24) is 0 Å². The van der Waals surface area contributed by atoms with Crippen LogP contribution in [0.5, 0.6) is 0 Å². The Kier molecular flexibility index (Phi) is 4.29. The molecule has 0 aliphatic heterocycles. The van der Waals surface area contributed by atoms with Crippen molar-refractivity contribution in [3.63, 3.8) is 0 Å². The lowest BCUT2D eigenvalue weighted by Crippen LogP contribution is -2.12. The summed E-state index contributed by atoms with van der Waals surface area (Å²) in [5.74, 6) is 0.433. The van der Waals surface area contributed by atoms with Gasteiger partial charge in [0.05, 0.1) is 0 Å². The van der Waals surface area contributed by atoms with E-state index in [-0.39, 0.29) is 5.91 Å². The lowest BCUT2D eigenvalue weighted by atomic mass is 10.0. The topological polar surface area (TPSA) is 29.1 Å². The highest BCUT2D eigenvalue weighted by Gasteiger charge is 2.05. The molecule has 0 saturated heterocycles. The standard InChI is InChI=1S/C14H19NO/c1-5-11(4)14(16)15-13-8-6-7-12(9-13)10(2)3/h5-10H,1-4H3,(H,15,16)/b11-5+. The fourth-order valence-electron chi connectivity index (χ4n) is 1.34. The van der Waals surface area contributed by atoms with Crippen molar-refractivity contribution in [3.05, 3.63) is 41.5 Å². The van der Waals surface area contributed by atoms with Gasteiger partial charge in [0.15, 0.2) is 0 Å². The number of hydrogen-bond donors (Lipinski definition) is 1. The fraction of sp³-hybridized carbons (Fsp3) is 0.357. The van der Waals surface area contributed by atoms with E-state index in [1.54, 1.807) is 0 Å². The molecule has 0 spiro atoms. The van der Waals surface area contributed by atoms with Crippen LogP contribution < -0.4 is 5.32 Å². The maximum absolute atomic E-state index is 11.6. The molecule has 1 aromatic rings. The summed E-state index contributed by atoms with van der Waals surface area (Å²) < 4.78 is 0. The molecule has 0 aromatic heterocycles. The van der Waals surface area contributed by atoms with Gasteiger partial charge in [-0.15, -0.1) is 0 Å². The van der Waals surface area contributed by atoms with E-state index < -0.39 is 0 Å². The van der Waals surface area contributed by atoms with E-state index in [9.17, 15) is 4.79 Å². The molecule has 0 atom stereocenters. The van der Waals surface area contributed by atoms with Gasteiger partial charge in [0.25, 0.3) is 5.91 Å². The summed E-state index contributed by atoms with van der Waals surface area (Å²) >= 11 is 0. The van der Waals surface area contributed by atoms with Crippen LogP contribution in [-0.2, 0) is 4.79 Å². The number of amides is 1. The molecule has 2 nitrogen and oxygen atoms in total. The second-order valence-corrected chi connectivity index (χ2v) is 4.21. The van der Waals surface area contributed by atoms with E-state index >= 15 is 0 Å². The van der Waals surface area contributed by atoms with Gasteiger partial charge in [-0.25, -0.2) is 0 Å². The lowest BCUT2D eigenvalue weighted by molar-refractivity contribution is -0.112. The van der Waals surface area contributed by atoms with E-state index in [0.29, 0.717) is 5.92 Å². The van der Waals surface area contributed by atoms with E-state index in [0.717, 1.165) is 11.3 Å². The van der Waals surface area contributed by atoms with E-state index in [2.05, 4.69) is 25.2 Å². The Morgan fingerprint density at radius 3 is 2.62 bits per heavy atom. The van der Waals surface area contributed by atoms with Gasteiger partial charge >= 0.3 is 0 Å². The van der Waals surface area contributed by atoms with Gasteiger partial charge in [-0.1, -0.05) is 32.1 Å². The second kappa shape index (κ2) is 5.50. The van der Waals surface area contributed by atoms with Crippen molar-refractivity contribution in [2.45, 2.75) is 33.6 Å². The fourth-order valence-corrected chi connectivity index (χ4v) is 1.34. The van der Waals surface area contributed by atoms with Gasteiger partial charge in [0, 0.05) is 11.3 Å². The SMILES string of the molecule is C/C=C(\C)C(=O)Nc1cccc(C(C)C)c1. The smallest absolute Gasteiger partial charge is 0.250 e. The third-order valence-corrected chi connectivity index (χ3v) is 2.60. The molecule has 0 unspecified atom stereocenters. The molecule has 86 valence electrons. The van der Waals surface area contributed by atoms with Gasteiger partial charge in [0.1, 0.15) is 0 Å². The predicted octanol–water partition coefficient (Wildman–Crippen LogP) is 3.71. The van der Waals surface area contributed by atoms with Crippen molar-refractivity contribution >= 4 is 11.6 Å². The Balaban J connectivity index is 2.82. The normalized spacial score (nSPS) is 11.7. The highest BCUT2D eigenvalue weighted by molar-refractivity contribution is 6.03. The molecule has 0 radical (unpaired) electrons. The van der Waals surface area contributed by atoms with Gasteiger partial charge in [-0.3, -0.25) is 4.79 Å². The Bertz CT molecular complexity index is 405. The molecular weight excluding hydrogens is 198 g/mol. The van der Waals surface area contributed by atoms with Crippen LogP contribution in [0, 0.1) is 0 Å². The van der Waals surface area contributed by atoms with Crippen LogP contribution in [0.3, 0.4) is 0 Å². The minimum atomic E-state index is -0.0385. The summed E-state index contributed by atoms with van der Waals surface area (Å²) in [6.07, 6.45) is 1.81. The highest BCUT2D eigenvalue weighted by atomic mass is 16.1. The molecule has 0 bridgehead atoms. The van der Waals surface area contributed by atoms with Crippen molar-refractivity contribution in [3.8, 4) is 0 Å². The molecule has 0 heterocycles. The zero-order valence-corrected chi connectivity index (χ0v) is 10.4. The third-order valence-electron chi connectivity index (χ3n) is 2.60. The van der Waals surface area contributed by atoms with Crippen LogP contribution in [-0.4, -0.2) is 5.91 Å². The Morgan fingerprint density at radius 2 is 2.06 bits per heavy atom. The number of carbonyl (C=O) groups is 1. The van der Waals surface area contributed by atoms with Gasteiger partial charge in [0.2, 0.25) is 0 Å². The second-order valence-electron chi connectivity index (χ2n) is 4.21. The van der Waals surface area contributed by atoms with Crippen molar-refractivity contribution < 1.29 is 4.79 Å². The van der Waals surface area contributed by atoms with Crippen LogP contribution in [0.1, 0.15) is 39.2 Å². The Morgan fingerprint density at radius 1 is 1.38 bits per heavy atom. The summed E-state index contributed by atoms with van der Waals surface area (Å²) in [5, 5.41) is 2.88. The minimum absolute atomic E-state index is 0.0385. The molecule has 0 aliphatic rings. The molecule has 1 N–H and O–H groups in total. The first-order chi connectivity index (χ1) is 7.54. The van der Waals surface area contributed by atoms with Gasteiger partial charge in [-0.05, 0) is 37.5 Å². The number of rotatable bonds is 3. The van der Waals surface area contributed by atoms with Gasteiger partial charge in [-0.2, -0.15) is 0 Å². The van der Waals surface area contributed by atoms with Gasteiger partial charge < -0.3 is 5.32 Å². The summed E-state index contributed by atoms with van der Waals surface area (Å²) in [5.41, 5.74) is 2.82. The number of nitrogens with one attached hydrogen (secondary N) is 1. The molecule has 0 saturated carbocycles. The number of allylic oxidation sites excluding steroid dienone is 1. The lowest BCUT2D eigenvalue weighted by Gasteiger charge is -2.09. The largest absolute Gasteiger partial charge is 0.322 e. The Hall–Kier alpha value is -1.57. The maximum atomic E-state index is 11.6. The Labute approximate surface area is 97.4 Å². The number of carbonyl (C=O) groups excluding carboxylic acids is 1. The molecule has 0 fully saturated rings. The zero-order valence-electron chi connectivity index (χ0n) is 10.4. The van der Waals surface area contributed by atoms with Crippen LogP contribution in [0.4, 0.5) is 5.69 Å². The summed E-state index contributed by atoms with van der Waals surface area (Å²) in [7, 11) is 0. The zero-order chi connectivity index (χ0) is 12.1.